The van der Waals surface area contributed by atoms with Gasteiger partial charge < -0.3 is 15.8 Å². The van der Waals surface area contributed by atoms with Crippen molar-refractivity contribution < 1.29 is 9.53 Å². The van der Waals surface area contributed by atoms with Crippen LogP contribution in [0.3, 0.4) is 0 Å². The number of benzene rings is 1. The lowest BCUT2D eigenvalue weighted by Crippen LogP contribution is -2.62. The van der Waals surface area contributed by atoms with Crippen LogP contribution in [0.1, 0.15) is 38.8 Å². The second-order valence-electron chi connectivity index (χ2n) is 5.95. The van der Waals surface area contributed by atoms with Gasteiger partial charge in [0.1, 0.15) is 6.04 Å². The van der Waals surface area contributed by atoms with E-state index in [0.717, 1.165) is 12.0 Å². The van der Waals surface area contributed by atoms with Gasteiger partial charge >= 0.3 is 0 Å². The minimum Gasteiger partial charge on any atom is -0.378 e. The molecular formula is C16H24N2O2. The van der Waals surface area contributed by atoms with E-state index >= 15 is 0 Å². The van der Waals surface area contributed by atoms with Gasteiger partial charge in [0.25, 0.3) is 0 Å². The quantitative estimate of drug-likeness (QED) is 0.864. The number of amides is 1. The number of nitrogens with one attached hydrogen (secondary N) is 1. The maximum Gasteiger partial charge on any atom is 0.241 e. The van der Waals surface area contributed by atoms with E-state index in [1.54, 1.807) is 0 Å². The lowest BCUT2D eigenvalue weighted by molar-refractivity contribution is -0.137. The number of hydrogen-bond acceptors (Lipinski definition) is 3. The summed E-state index contributed by atoms with van der Waals surface area (Å²) in [5.74, 6) is -0.121. The highest BCUT2D eigenvalue weighted by Gasteiger charge is 2.49. The molecular weight excluding hydrogens is 252 g/mol. The van der Waals surface area contributed by atoms with Crippen LogP contribution in [0.5, 0.6) is 0 Å². The Morgan fingerprint density at radius 1 is 1.45 bits per heavy atom. The maximum atomic E-state index is 12.2. The van der Waals surface area contributed by atoms with Crippen molar-refractivity contribution in [3.8, 4) is 0 Å². The van der Waals surface area contributed by atoms with Gasteiger partial charge in [-0.3, -0.25) is 4.79 Å². The fourth-order valence-corrected chi connectivity index (χ4v) is 2.69. The molecule has 0 heterocycles. The Kier molecular flexibility index (Phi) is 4.45. The molecule has 0 bridgehead atoms. The summed E-state index contributed by atoms with van der Waals surface area (Å²) in [4.78, 5) is 12.2. The van der Waals surface area contributed by atoms with E-state index in [0.29, 0.717) is 6.61 Å². The van der Waals surface area contributed by atoms with Crippen molar-refractivity contribution in [2.45, 2.75) is 45.4 Å². The first-order valence-corrected chi connectivity index (χ1v) is 7.19. The van der Waals surface area contributed by atoms with Crippen LogP contribution in [0.4, 0.5) is 0 Å². The Bertz CT molecular complexity index is 459. The molecule has 2 rings (SSSR count). The predicted octanol–water partition coefficient (Wildman–Crippen LogP) is 2.01. The number of ether oxygens (including phenoxy) is 1. The van der Waals surface area contributed by atoms with E-state index in [-0.39, 0.29) is 23.5 Å². The molecule has 1 aromatic carbocycles. The third-order valence-corrected chi connectivity index (χ3v) is 4.30. The highest BCUT2D eigenvalue weighted by Crippen LogP contribution is 2.42. The van der Waals surface area contributed by atoms with Gasteiger partial charge in [-0.1, -0.05) is 44.2 Å². The predicted molar refractivity (Wildman–Crippen MR) is 79.1 cm³/mol. The summed E-state index contributed by atoms with van der Waals surface area (Å²) < 4.78 is 5.67. The number of carbonyl (C=O) groups is 1. The molecule has 1 amide bonds. The van der Waals surface area contributed by atoms with Gasteiger partial charge in [0, 0.05) is 18.1 Å². The van der Waals surface area contributed by atoms with Crippen molar-refractivity contribution in [2.24, 2.45) is 11.1 Å². The molecule has 0 radical (unpaired) electrons. The molecule has 2 unspecified atom stereocenters. The molecule has 1 aromatic rings. The molecule has 0 saturated heterocycles. The topological polar surface area (TPSA) is 64.3 Å². The first-order chi connectivity index (χ1) is 9.46. The Labute approximate surface area is 120 Å². The molecule has 3 atom stereocenters. The van der Waals surface area contributed by atoms with Crippen molar-refractivity contribution >= 4 is 5.91 Å². The summed E-state index contributed by atoms with van der Waals surface area (Å²) in [5, 5.41) is 3.05. The number of nitrogens with two attached hydrogens (primary N) is 1. The largest absolute Gasteiger partial charge is 0.378 e. The molecule has 110 valence electrons. The molecule has 1 fully saturated rings. The monoisotopic (exact) mass is 276 g/mol. The average molecular weight is 276 g/mol. The van der Waals surface area contributed by atoms with Crippen molar-refractivity contribution in [1.82, 2.24) is 5.32 Å². The Balaban J connectivity index is 1.93. The van der Waals surface area contributed by atoms with Crippen molar-refractivity contribution in [3.63, 3.8) is 0 Å². The normalized spacial score (nSPS) is 25.6. The van der Waals surface area contributed by atoms with Gasteiger partial charge in [0.05, 0.1) is 6.10 Å². The molecule has 0 aliphatic heterocycles. The Morgan fingerprint density at radius 3 is 2.65 bits per heavy atom. The Morgan fingerprint density at radius 2 is 2.10 bits per heavy atom. The summed E-state index contributed by atoms with van der Waals surface area (Å²) in [7, 11) is 0. The van der Waals surface area contributed by atoms with E-state index in [1.165, 1.54) is 0 Å². The van der Waals surface area contributed by atoms with Crippen LogP contribution in [0.25, 0.3) is 0 Å². The summed E-state index contributed by atoms with van der Waals surface area (Å²) in [6.45, 7) is 6.94. The zero-order valence-corrected chi connectivity index (χ0v) is 12.4. The molecule has 0 aromatic heterocycles. The third kappa shape index (κ3) is 2.86. The van der Waals surface area contributed by atoms with Crippen molar-refractivity contribution in [1.29, 1.82) is 0 Å². The van der Waals surface area contributed by atoms with Crippen LogP contribution in [0.15, 0.2) is 30.3 Å². The van der Waals surface area contributed by atoms with E-state index in [2.05, 4.69) is 19.2 Å². The van der Waals surface area contributed by atoms with Crippen LogP contribution < -0.4 is 11.1 Å². The fraction of sp³-hybridized carbons (Fsp3) is 0.562. The highest BCUT2D eigenvalue weighted by atomic mass is 16.5. The van der Waals surface area contributed by atoms with Gasteiger partial charge in [-0.2, -0.15) is 0 Å². The van der Waals surface area contributed by atoms with Gasteiger partial charge in [0.15, 0.2) is 0 Å². The minimum absolute atomic E-state index is 0.0396. The zero-order chi connectivity index (χ0) is 14.8. The van der Waals surface area contributed by atoms with E-state index in [1.807, 2.05) is 37.3 Å². The van der Waals surface area contributed by atoms with Crippen LogP contribution in [-0.4, -0.2) is 24.7 Å². The Hall–Kier alpha value is -1.39. The first-order valence-electron chi connectivity index (χ1n) is 7.19. The van der Waals surface area contributed by atoms with E-state index < -0.39 is 6.04 Å². The second-order valence-corrected chi connectivity index (χ2v) is 5.95. The number of carbonyl (C=O) groups excluding carboxylic acids is 1. The molecule has 20 heavy (non-hydrogen) atoms. The number of hydrogen-bond donors (Lipinski definition) is 2. The molecule has 0 spiro atoms. The molecule has 1 aliphatic rings. The van der Waals surface area contributed by atoms with Crippen molar-refractivity contribution in [2.75, 3.05) is 6.61 Å². The summed E-state index contributed by atoms with van der Waals surface area (Å²) in [6.07, 6.45) is 1.07. The fourth-order valence-electron chi connectivity index (χ4n) is 2.69. The molecule has 1 aliphatic carbocycles. The SMILES string of the molecule is CCOC1CC(NC(=O)[C@H](N)c2ccccc2)C1(C)C. The van der Waals surface area contributed by atoms with Crippen LogP contribution >= 0.6 is 0 Å². The maximum absolute atomic E-state index is 12.2. The average Bonchev–Trinajstić information content (AvgIpc) is 2.46. The molecule has 1 saturated carbocycles. The minimum atomic E-state index is -0.613. The standard InChI is InChI=1S/C16H24N2O2/c1-4-20-13-10-12(16(13,2)3)18-15(19)14(17)11-8-6-5-7-9-11/h5-9,12-14H,4,10,17H2,1-3H3,(H,18,19)/t12?,13?,14-/m1/s1. The molecule has 4 nitrogen and oxygen atoms in total. The highest BCUT2D eigenvalue weighted by molar-refractivity contribution is 5.83. The van der Waals surface area contributed by atoms with Gasteiger partial charge in [-0.15, -0.1) is 0 Å². The summed E-state index contributed by atoms with van der Waals surface area (Å²) >= 11 is 0. The van der Waals surface area contributed by atoms with E-state index in [4.69, 9.17) is 10.5 Å². The van der Waals surface area contributed by atoms with Crippen LogP contribution in [-0.2, 0) is 9.53 Å². The van der Waals surface area contributed by atoms with Crippen molar-refractivity contribution in [3.05, 3.63) is 35.9 Å². The number of rotatable bonds is 5. The summed E-state index contributed by atoms with van der Waals surface area (Å²) in [5.41, 5.74) is 6.80. The smallest absolute Gasteiger partial charge is 0.241 e. The lowest BCUT2D eigenvalue weighted by Gasteiger charge is -2.51. The van der Waals surface area contributed by atoms with Gasteiger partial charge in [0.2, 0.25) is 5.91 Å². The van der Waals surface area contributed by atoms with Gasteiger partial charge in [-0.05, 0) is 18.9 Å². The van der Waals surface area contributed by atoms with E-state index in [9.17, 15) is 4.79 Å². The molecule has 3 N–H and O–H groups in total. The zero-order valence-electron chi connectivity index (χ0n) is 12.4. The van der Waals surface area contributed by atoms with Gasteiger partial charge in [-0.25, -0.2) is 0 Å². The third-order valence-electron chi connectivity index (χ3n) is 4.30. The summed E-state index contributed by atoms with van der Waals surface area (Å²) in [6, 6.07) is 8.95. The second kappa shape index (κ2) is 5.94. The van der Waals surface area contributed by atoms with Crippen LogP contribution in [0, 0.1) is 5.41 Å². The molecule has 4 heteroatoms. The lowest BCUT2D eigenvalue weighted by atomic mass is 9.64. The van der Waals surface area contributed by atoms with Crippen LogP contribution in [0.2, 0.25) is 0 Å². The first kappa shape index (κ1) is 15.0.